The van der Waals surface area contributed by atoms with Gasteiger partial charge in [0.1, 0.15) is 0 Å². The second-order valence-electron chi connectivity index (χ2n) is 7.78. The Balaban J connectivity index is 1.36. The summed E-state index contributed by atoms with van der Waals surface area (Å²) in [6.07, 6.45) is 1.42. The van der Waals surface area contributed by atoms with E-state index in [9.17, 15) is 24.5 Å². The number of amides is 2. The van der Waals surface area contributed by atoms with Gasteiger partial charge in [-0.2, -0.15) is 0 Å². The average molecular weight is 472 g/mol. The SMILES string of the molecule is O=C(OCC(=O)N1CCN(C(=O)c2ccco2)CC1)c1cc([N+](=O)[O-])ccc1N1CCOCC1. The van der Waals surface area contributed by atoms with E-state index >= 15 is 0 Å². The number of anilines is 1. The van der Waals surface area contributed by atoms with E-state index in [4.69, 9.17) is 13.9 Å². The zero-order valence-corrected chi connectivity index (χ0v) is 18.4. The first-order valence-corrected chi connectivity index (χ1v) is 10.8. The molecule has 1 aromatic heterocycles. The predicted octanol–water partition coefficient (Wildman–Crippen LogP) is 1.17. The number of hydrogen-bond acceptors (Lipinski definition) is 9. The molecule has 0 saturated carbocycles. The van der Waals surface area contributed by atoms with Crippen LogP contribution in [0, 0.1) is 10.1 Å². The number of hydrogen-bond donors (Lipinski definition) is 0. The first-order valence-electron chi connectivity index (χ1n) is 10.8. The molecule has 2 aliphatic rings. The van der Waals surface area contributed by atoms with Crippen molar-refractivity contribution >= 4 is 29.2 Å². The van der Waals surface area contributed by atoms with E-state index in [0.717, 1.165) is 6.07 Å². The zero-order valence-electron chi connectivity index (χ0n) is 18.4. The largest absolute Gasteiger partial charge is 0.459 e. The molecule has 1 aromatic carbocycles. The molecule has 34 heavy (non-hydrogen) atoms. The van der Waals surface area contributed by atoms with Gasteiger partial charge in [0.25, 0.3) is 17.5 Å². The lowest BCUT2D eigenvalue weighted by molar-refractivity contribution is -0.384. The Morgan fingerprint density at radius 3 is 2.35 bits per heavy atom. The monoisotopic (exact) mass is 472 g/mol. The van der Waals surface area contributed by atoms with Gasteiger partial charge in [0, 0.05) is 51.4 Å². The highest BCUT2D eigenvalue weighted by Gasteiger charge is 2.28. The van der Waals surface area contributed by atoms with Crippen LogP contribution in [0.3, 0.4) is 0 Å². The van der Waals surface area contributed by atoms with Crippen molar-refractivity contribution < 1.29 is 33.2 Å². The Bertz CT molecular complexity index is 1060. The number of esters is 1. The number of ether oxygens (including phenoxy) is 2. The minimum atomic E-state index is -0.815. The number of piperazine rings is 1. The first kappa shape index (κ1) is 23.2. The molecular weight excluding hydrogens is 448 g/mol. The number of carbonyl (C=O) groups excluding carboxylic acids is 3. The molecule has 0 bridgehead atoms. The molecule has 0 radical (unpaired) electrons. The molecule has 0 aliphatic carbocycles. The lowest BCUT2D eigenvalue weighted by atomic mass is 10.1. The fraction of sp³-hybridized carbons (Fsp3) is 0.409. The minimum absolute atomic E-state index is 0.0257. The van der Waals surface area contributed by atoms with E-state index in [1.807, 2.05) is 4.90 Å². The number of rotatable bonds is 6. The van der Waals surface area contributed by atoms with Gasteiger partial charge < -0.3 is 28.6 Å². The first-order chi connectivity index (χ1) is 16.4. The van der Waals surface area contributed by atoms with E-state index in [2.05, 4.69) is 0 Å². The molecule has 4 rings (SSSR count). The van der Waals surface area contributed by atoms with Gasteiger partial charge in [0.2, 0.25) is 0 Å². The molecule has 2 saturated heterocycles. The molecule has 180 valence electrons. The van der Waals surface area contributed by atoms with Crippen LogP contribution in [0.1, 0.15) is 20.9 Å². The highest BCUT2D eigenvalue weighted by Crippen LogP contribution is 2.27. The molecule has 0 unspecified atom stereocenters. The summed E-state index contributed by atoms with van der Waals surface area (Å²) in [4.78, 5) is 53.4. The second kappa shape index (κ2) is 10.3. The summed E-state index contributed by atoms with van der Waals surface area (Å²) in [6, 6.07) is 7.22. The summed E-state index contributed by atoms with van der Waals surface area (Å²) >= 11 is 0. The van der Waals surface area contributed by atoms with Crippen molar-refractivity contribution in [2.75, 3.05) is 64.0 Å². The summed E-state index contributed by atoms with van der Waals surface area (Å²) in [5, 5.41) is 11.2. The van der Waals surface area contributed by atoms with Crippen LogP contribution >= 0.6 is 0 Å². The Hall–Kier alpha value is -3.93. The third-order valence-corrected chi connectivity index (χ3v) is 5.74. The maximum atomic E-state index is 12.8. The fourth-order valence-electron chi connectivity index (χ4n) is 3.89. The number of nitro groups is 1. The van der Waals surface area contributed by atoms with E-state index in [0.29, 0.717) is 58.2 Å². The third kappa shape index (κ3) is 5.17. The van der Waals surface area contributed by atoms with Crippen LogP contribution in [-0.2, 0) is 14.3 Å². The Morgan fingerprint density at radius 1 is 1.00 bits per heavy atom. The standard InChI is InChI=1S/C22H24N4O8/c27-20(24-5-7-25(8-6-24)21(28)19-2-1-11-33-19)15-34-22(29)17-14-16(26(30)31)3-4-18(17)23-9-12-32-13-10-23/h1-4,11,14H,5-10,12-13,15H2. The van der Waals surface area contributed by atoms with Crippen LogP contribution in [0.2, 0.25) is 0 Å². The highest BCUT2D eigenvalue weighted by molar-refractivity contribution is 5.98. The highest BCUT2D eigenvalue weighted by atomic mass is 16.6. The van der Waals surface area contributed by atoms with Crippen molar-refractivity contribution in [3.8, 4) is 0 Å². The summed E-state index contributed by atoms with van der Waals surface area (Å²) in [5.41, 5.74) is 0.279. The van der Waals surface area contributed by atoms with E-state index in [1.165, 1.54) is 23.3 Å². The summed E-state index contributed by atoms with van der Waals surface area (Å²) in [7, 11) is 0. The number of carbonyl (C=O) groups is 3. The van der Waals surface area contributed by atoms with Crippen LogP contribution in [-0.4, -0.2) is 91.6 Å². The quantitative estimate of drug-likeness (QED) is 0.345. The number of nitrogens with zero attached hydrogens (tertiary/aromatic N) is 4. The van der Waals surface area contributed by atoms with Crippen LogP contribution in [0.15, 0.2) is 41.0 Å². The van der Waals surface area contributed by atoms with Crippen LogP contribution < -0.4 is 4.90 Å². The van der Waals surface area contributed by atoms with Crippen molar-refractivity contribution in [2.24, 2.45) is 0 Å². The smallest absolute Gasteiger partial charge is 0.341 e. The van der Waals surface area contributed by atoms with Crippen molar-refractivity contribution in [1.82, 2.24) is 9.80 Å². The average Bonchev–Trinajstić information content (AvgIpc) is 3.42. The van der Waals surface area contributed by atoms with Crippen LogP contribution in [0.5, 0.6) is 0 Å². The molecule has 2 fully saturated rings. The van der Waals surface area contributed by atoms with Gasteiger partial charge in [-0.05, 0) is 18.2 Å². The maximum Gasteiger partial charge on any atom is 0.341 e. The normalized spacial score (nSPS) is 16.3. The molecule has 0 N–H and O–H groups in total. The Labute approximate surface area is 194 Å². The van der Waals surface area contributed by atoms with Gasteiger partial charge in [0.05, 0.1) is 35.7 Å². The van der Waals surface area contributed by atoms with Gasteiger partial charge >= 0.3 is 5.97 Å². The second-order valence-corrected chi connectivity index (χ2v) is 7.78. The van der Waals surface area contributed by atoms with E-state index in [1.54, 1.807) is 17.0 Å². The van der Waals surface area contributed by atoms with Gasteiger partial charge in [-0.3, -0.25) is 19.7 Å². The number of morpholine rings is 1. The zero-order chi connectivity index (χ0) is 24.1. The molecule has 2 aromatic rings. The number of benzene rings is 1. The van der Waals surface area contributed by atoms with Crippen molar-refractivity contribution in [1.29, 1.82) is 0 Å². The van der Waals surface area contributed by atoms with Crippen molar-refractivity contribution in [3.63, 3.8) is 0 Å². The van der Waals surface area contributed by atoms with Crippen molar-refractivity contribution in [2.45, 2.75) is 0 Å². The Morgan fingerprint density at radius 2 is 1.71 bits per heavy atom. The Kier molecular flexibility index (Phi) is 7.07. The molecule has 0 atom stereocenters. The van der Waals surface area contributed by atoms with Crippen molar-refractivity contribution in [3.05, 3.63) is 58.0 Å². The van der Waals surface area contributed by atoms with Gasteiger partial charge in [-0.25, -0.2) is 4.79 Å². The summed E-state index contributed by atoms with van der Waals surface area (Å²) in [5.74, 6) is -1.23. The van der Waals surface area contributed by atoms with Gasteiger partial charge in [-0.15, -0.1) is 0 Å². The molecule has 12 nitrogen and oxygen atoms in total. The third-order valence-electron chi connectivity index (χ3n) is 5.74. The minimum Gasteiger partial charge on any atom is -0.459 e. The number of non-ortho nitro benzene ring substituents is 1. The summed E-state index contributed by atoms with van der Waals surface area (Å²) in [6.45, 7) is 2.72. The van der Waals surface area contributed by atoms with Gasteiger partial charge in [-0.1, -0.05) is 0 Å². The number of nitro benzene ring substituents is 1. The summed E-state index contributed by atoms with van der Waals surface area (Å²) < 4.78 is 15.7. The van der Waals surface area contributed by atoms with E-state index < -0.39 is 23.4 Å². The van der Waals surface area contributed by atoms with Gasteiger partial charge in [0.15, 0.2) is 12.4 Å². The topological polar surface area (TPSA) is 136 Å². The van der Waals surface area contributed by atoms with Crippen LogP contribution in [0.25, 0.3) is 0 Å². The fourth-order valence-corrected chi connectivity index (χ4v) is 3.89. The molecule has 12 heteroatoms. The lowest BCUT2D eigenvalue weighted by Crippen LogP contribution is -2.51. The predicted molar refractivity (Wildman–Crippen MR) is 118 cm³/mol. The molecule has 3 heterocycles. The maximum absolute atomic E-state index is 12.8. The molecule has 2 aliphatic heterocycles. The molecule has 0 spiro atoms. The van der Waals surface area contributed by atoms with E-state index in [-0.39, 0.29) is 22.9 Å². The molecule has 2 amide bonds. The molecular formula is C22H24N4O8. The lowest BCUT2D eigenvalue weighted by Gasteiger charge is -2.34. The van der Waals surface area contributed by atoms with Crippen LogP contribution in [0.4, 0.5) is 11.4 Å². The number of furan rings is 1.